The van der Waals surface area contributed by atoms with Crippen molar-refractivity contribution >= 4 is 7.82 Å². The van der Waals surface area contributed by atoms with Crippen molar-refractivity contribution in [1.29, 1.82) is 0 Å². The van der Waals surface area contributed by atoms with Crippen LogP contribution in [0.4, 0.5) is 0 Å². The fourth-order valence-electron chi connectivity index (χ4n) is 4.33. The van der Waals surface area contributed by atoms with Crippen molar-refractivity contribution in [3.8, 4) is 0 Å². The average molecular weight is 551 g/mol. The maximum Gasteiger partial charge on any atom is 0.474 e. The first-order chi connectivity index (χ1) is 18.0. The number of aliphatic hydroxyl groups excluding tert-OH is 2. The lowest BCUT2D eigenvalue weighted by Gasteiger charge is -2.29. The van der Waals surface area contributed by atoms with Crippen molar-refractivity contribution in [2.75, 3.05) is 33.0 Å². The van der Waals surface area contributed by atoms with Crippen molar-refractivity contribution in [2.24, 2.45) is 5.41 Å². The lowest BCUT2D eigenvalue weighted by molar-refractivity contribution is -0.00567. The molecule has 0 unspecified atom stereocenters. The van der Waals surface area contributed by atoms with Gasteiger partial charge in [-0.2, -0.15) is 0 Å². The number of aliphatic hydroxyl groups is 2. The SMILES string of the molecule is CCCCCCCCCCCCOP(=O)(OCCCCCCCCCCCC)OCC(CC)(CO)CO. The minimum Gasteiger partial charge on any atom is -0.396 e. The second-order valence-corrected chi connectivity index (χ2v) is 12.6. The molecule has 2 N–H and O–H groups in total. The van der Waals surface area contributed by atoms with Crippen LogP contribution in [0.2, 0.25) is 0 Å². The van der Waals surface area contributed by atoms with Crippen LogP contribution < -0.4 is 0 Å². The summed E-state index contributed by atoms with van der Waals surface area (Å²) in [5.41, 5.74) is -0.837. The van der Waals surface area contributed by atoms with Gasteiger partial charge in [-0.1, -0.05) is 136 Å². The van der Waals surface area contributed by atoms with Gasteiger partial charge in [0.2, 0.25) is 0 Å². The van der Waals surface area contributed by atoms with Gasteiger partial charge in [-0.05, 0) is 19.3 Å². The quantitative estimate of drug-likeness (QED) is 0.0684. The number of rotatable bonds is 30. The highest BCUT2D eigenvalue weighted by atomic mass is 31.2. The number of phosphoric acid groups is 1. The molecule has 0 rings (SSSR count). The van der Waals surface area contributed by atoms with Gasteiger partial charge in [-0.15, -0.1) is 0 Å². The normalized spacial score (nSPS) is 12.5. The second kappa shape index (κ2) is 26.3. The molecule has 0 saturated carbocycles. The molecule has 0 fully saturated rings. The zero-order valence-corrected chi connectivity index (χ0v) is 25.8. The van der Waals surface area contributed by atoms with E-state index in [4.69, 9.17) is 13.6 Å². The lowest BCUT2D eigenvalue weighted by Crippen LogP contribution is -2.34. The molecular formula is C30H63O6P. The van der Waals surface area contributed by atoms with Crippen LogP contribution in [0.3, 0.4) is 0 Å². The molecule has 0 aliphatic heterocycles. The van der Waals surface area contributed by atoms with E-state index < -0.39 is 13.2 Å². The van der Waals surface area contributed by atoms with Gasteiger partial charge < -0.3 is 10.2 Å². The summed E-state index contributed by atoms with van der Waals surface area (Å²) in [6, 6.07) is 0. The molecule has 7 heteroatoms. The van der Waals surface area contributed by atoms with Crippen molar-refractivity contribution in [2.45, 2.75) is 156 Å². The highest BCUT2D eigenvalue weighted by molar-refractivity contribution is 7.48. The molecule has 224 valence electrons. The van der Waals surface area contributed by atoms with E-state index in [1.807, 2.05) is 6.92 Å². The first kappa shape index (κ1) is 37.0. The van der Waals surface area contributed by atoms with Crippen molar-refractivity contribution in [3.05, 3.63) is 0 Å². The van der Waals surface area contributed by atoms with E-state index in [0.29, 0.717) is 19.6 Å². The summed E-state index contributed by atoms with van der Waals surface area (Å²) < 4.78 is 30.3. The molecule has 0 amide bonds. The third-order valence-corrected chi connectivity index (χ3v) is 8.89. The summed E-state index contributed by atoms with van der Waals surface area (Å²) in [7, 11) is -3.73. The molecule has 0 atom stereocenters. The average Bonchev–Trinajstić information content (AvgIpc) is 2.91. The largest absolute Gasteiger partial charge is 0.474 e. The fraction of sp³-hybridized carbons (Fsp3) is 1.00. The molecule has 0 bridgehead atoms. The lowest BCUT2D eigenvalue weighted by atomic mass is 9.88. The van der Waals surface area contributed by atoms with Gasteiger partial charge in [0.15, 0.2) is 0 Å². The molecule has 0 aromatic rings. The monoisotopic (exact) mass is 550 g/mol. The van der Waals surface area contributed by atoms with Crippen LogP contribution in [-0.2, 0) is 18.1 Å². The molecule has 6 nitrogen and oxygen atoms in total. The molecule has 0 heterocycles. The Kier molecular flexibility index (Phi) is 26.3. The topological polar surface area (TPSA) is 85.2 Å². The molecule has 0 radical (unpaired) electrons. The van der Waals surface area contributed by atoms with E-state index in [2.05, 4.69) is 13.8 Å². The predicted molar refractivity (Wildman–Crippen MR) is 156 cm³/mol. The van der Waals surface area contributed by atoms with E-state index in [0.717, 1.165) is 38.5 Å². The van der Waals surface area contributed by atoms with Gasteiger partial charge in [0.1, 0.15) is 0 Å². The maximum absolute atomic E-state index is 13.3. The van der Waals surface area contributed by atoms with E-state index in [9.17, 15) is 14.8 Å². The third-order valence-electron chi connectivity index (χ3n) is 7.44. The molecule has 0 saturated heterocycles. The zero-order chi connectivity index (χ0) is 27.5. The summed E-state index contributed by atoms with van der Waals surface area (Å²) >= 11 is 0. The van der Waals surface area contributed by atoms with Crippen LogP contribution in [0, 0.1) is 5.41 Å². The van der Waals surface area contributed by atoms with Crippen LogP contribution in [0.5, 0.6) is 0 Å². The molecule has 0 aromatic heterocycles. The number of hydrogen-bond acceptors (Lipinski definition) is 6. The van der Waals surface area contributed by atoms with E-state index >= 15 is 0 Å². The molecule has 0 aliphatic rings. The standard InChI is InChI=1S/C30H63O6P/c1-4-7-9-11-13-15-17-19-21-23-25-34-37(33,36-29-30(6-3,27-31)28-32)35-26-24-22-20-18-16-14-12-10-8-5-2/h31-32H,4-29H2,1-3H3. The fourth-order valence-corrected chi connectivity index (χ4v) is 5.69. The van der Waals surface area contributed by atoms with E-state index in [1.165, 1.54) is 89.9 Å². The highest BCUT2D eigenvalue weighted by Gasteiger charge is 2.34. The minimum atomic E-state index is -3.73. The van der Waals surface area contributed by atoms with Gasteiger partial charge in [0.05, 0.1) is 33.0 Å². The van der Waals surface area contributed by atoms with Crippen LogP contribution in [0.25, 0.3) is 0 Å². The Morgan fingerprint density at radius 3 is 1.14 bits per heavy atom. The summed E-state index contributed by atoms with van der Waals surface area (Å²) in [4.78, 5) is 0. The van der Waals surface area contributed by atoms with Gasteiger partial charge in [0.25, 0.3) is 0 Å². The van der Waals surface area contributed by atoms with Crippen molar-refractivity contribution in [3.63, 3.8) is 0 Å². The highest BCUT2D eigenvalue weighted by Crippen LogP contribution is 2.51. The summed E-state index contributed by atoms with van der Waals surface area (Å²) in [6.45, 7) is 6.50. The molecule has 0 spiro atoms. The zero-order valence-electron chi connectivity index (χ0n) is 24.9. The predicted octanol–water partition coefficient (Wildman–Crippen LogP) is 9.37. The summed E-state index contributed by atoms with van der Waals surface area (Å²) in [5, 5.41) is 19.4. The van der Waals surface area contributed by atoms with Crippen LogP contribution in [-0.4, -0.2) is 43.2 Å². The van der Waals surface area contributed by atoms with Crippen LogP contribution >= 0.6 is 7.82 Å². The smallest absolute Gasteiger partial charge is 0.396 e. The molecule has 0 aromatic carbocycles. The Hall–Kier alpha value is 0.0300. The van der Waals surface area contributed by atoms with Gasteiger partial charge >= 0.3 is 7.82 Å². The number of phosphoric ester groups is 1. The van der Waals surface area contributed by atoms with Gasteiger partial charge in [-0.3, -0.25) is 13.6 Å². The Balaban J connectivity index is 4.27. The second-order valence-electron chi connectivity index (χ2n) is 10.9. The number of unbranched alkanes of at least 4 members (excludes halogenated alkanes) is 18. The molecule has 0 aliphatic carbocycles. The summed E-state index contributed by atoms with van der Waals surface area (Å²) in [5.74, 6) is 0. The van der Waals surface area contributed by atoms with E-state index in [-0.39, 0.29) is 19.8 Å². The third kappa shape index (κ3) is 21.5. The molecule has 37 heavy (non-hydrogen) atoms. The Morgan fingerprint density at radius 1 is 0.514 bits per heavy atom. The Morgan fingerprint density at radius 2 is 0.838 bits per heavy atom. The van der Waals surface area contributed by atoms with Crippen molar-refractivity contribution < 1.29 is 28.3 Å². The Bertz CT molecular complexity index is 474. The first-order valence-corrected chi connectivity index (χ1v) is 17.2. The van der Waals surface area contributed by atoms with Gasteiger partial charge in [0, 0.05) is 5.41 Å². The van der Waals surface area contributed by atoms with Gasteiger partial charge in [-0.25, -0.2) is 4.57 Å². The molecular weight excluding hydrogens is 487 g/mol. The van der Waals surface area contributed by atoms with Crippen LogP contribution in [0.15, 0.2) is 0 Å². The minimum absolute atomic E-state index is 0.0517. The van der Waals surface area contributed by atoms with E-state index in [1.54, 1.807) is 0 Å². The van der Waals surface area contributed by atoms with Crippen LogP contribution in [0.1, 0.15) is 156 Å². The first-order valence-electron chi connectivity index (χ1n) is 15.8. The maximum atomic E-state index is 13.3. The Labute approximate surface area is 230 Å². The van der Waals surface area contributed by atoms with Crippen molar-refractivity contribution in [1.82, 2.24) is 0 Å². The number of hydrogen-bond donors (Lipinski definition) is 2. The summed E-state index contributed by atoms with van der Waals surface area (Å²) in [6.07, 6.45) is 24.9.